The number of unbranched alkanes of at least 4 members (excludes halogenated alkanes) is 6. The van der Waals surface area contributed by atoms with E-state index in [1.54, 1.807) is 6.08 Å². The molecule has 0 aromatic carbocycles. The Morgan fingerprint density at radius 1 is 0.800 bits per heavy atom. The lowest BCUT2D eigenvalue weighted by molar-refractivity contribution is 0.674. The molecule has 15 heavy (non-hydrogen) atoms. The van der Waals surface area contributed by atoms with E-state index in [1.165, 1.54) is 32.1 Å². The van der Waals surface area contributed by atoms with Gasteiger partial charge in [-0.1, -0.05) is 63.1 Å². The lowest BCUT2D eigenvalue weighted by Crippen LogP contribution is -1.73. The van der Waals surface area contributed by atoms with Gasteiger partial charge in [0.1, 0.15) is 0 Å². The van der Waals surface area contributed by atoms with Crippen molar-refractivity contribution < 1.29 is 0 Å². The van der Waals surface area contributed by atoms with Crippen molar-refractivity contribution in [2.24, 2.45) is 0 Å². The molecule has 0 atom stereocenters. The van der Waals surface area contributed by atoms with E-state index in [2.05, 4.69) is 31.2 Å². The van der Waals surface area contributed by atoms with E-state index < -0.39 is 0 Å². The van der Waals surface area contributed by atoms with Crippen LogP contribution in [-0.4, -0.2) is 0 Å². The van der Waals surface area contributed by atoms with Crippen molar-refractivity contribution >= 4 is 0 Å². The highest BCUT2D eigenvalue weighted by Gasteiger charge is 1.83. The molecule has 0 aliphatic rings. The summed E-state index contributed by atoms with van der Waals surface area (Å²) in [5, 5.41) is 0. The first-order valence-electron chi connectivity index (χ1n) is 6.27. The lowest BCUT2D eigenvalue weighted by Gasteiger charge is -1.93. The highest BCUT2D eigenvalue weighted by atomic mass is 13.9. The molecule has 85 valence electrons. The Morgan fingerprint density at radius 3 is 2.07 bits per heavy atom. The molecule has 0 bridgehead atoms. The molecule has 0 fully saturated rings. The van der Waals surface area contributed by atoms with Gasteiger partial charge in [0.25, 0.3) is 0 Å². The van der Waals surface area contributed by atoms with E-state index in [0.29, 0.717) is 0 Å². The van der Waals surface area contributed by atoms with Gasteiger partial charge < -0.3 is 0 Å². The second-order valence-electron chi connectivity index (χ2n) is 3.87. The van der Waals surface area contributed by atoms with E-state index >= 15 is 0 Å². The van der Waals surface area contributed by atoms with Gasteiger partial charge in [-0.05, 0) is 32.1 Å². The smallest absolute Gasteiger partial charge is 0.0345 e. The van der Waals surface area contributed by atoms with Crippen LogP contribution < -0.4 is 0 Å². The zero-order valence-corrected chi connectivity index (χ0v) is 10.1. The molecule has 0 aliphatic carbocycles. The Morgan fingerprint density at radius 2 is 1.47 bits per heavy atom. The first kappa shape index (κ1) is 14.2. The van der Waals surface area contributed by atoms with Gasteiger partial charge in [-0.25, -0.2) is 0 Å². The molecular formula is C15H25. The van der Waals surface area contributed by atoms with Crippen molar-refractivity contribution in [2.45, 2.75) is 58.3 Å². The Labute approximate surface area is 95.8 Å². The molecule has 0 aromatic rings. The molecule has 0 nitrogen and oxygen atoms in total. The fourth-order valence-electron chi connectivity index (χ4n) is 1.39. The van der Waals surface area contributed by atoms with Gasteiger partial charge in [0, 0.05) is 0 Å². The standard InChI is InChI=1S/C15H25/c1-3-5-7-9-11-13-15-14-12-10-8-6-4-2/h1,3,11,13-15H,4-10,12H2,2H3. The van der Waals surface area contributed by atoms with Crippen LogP contribution in [0.5, 0.6) is 0 Å². The van der Waals surface area contributed by atoms with Gasteiger partial charge in [-0.3, -0.25) is 0 Å². The summed E-state index contributed by atoms with van der Waals surface area (Å²) in [6.07, 6.45) is 20.5. The highest BCUT2D eigenvalue weighted by molar-refractivity contribution is 5.02. The zero-order chi connectivity index (χ0) is 11.2. The molecule has 0 saturated heterocycles. The van der Waals surface area contributed by atoms with Crippen molar-refractivity contribution in [1.29, 1.82) is 0 Å². The topological polar surface area (TPSA) is 0 Å². The van der Waals surface area contributed by atoms with Crippen LogP contribution >= 0.6 is 0 Å². The first-order chi connectivity index (χ1) is 7.41. The van der Waals surface area contributed by atoms with Crippen molar-refractivity contribution in [2.75, 3.05) is 0 Å². The van der Waals surface area contributed by atoms with Crippen molar-refractivity contribution in [3.8, 4) is 0 Å². The van der Waals surface area contributed by atoms with Crippen LogP contribution in [-0.2, 0) is 0 Å². The van der Waals surface area contributed by atoms with Crippen LogP contribution in [0.2, 0.25) is 0 Å². The molecule has 0 heteroatoms. The molecule has 0 saturated carbocycles. The molecule has 0 aliphatic heterocycles. The van der Waals surface area contributed by atoms with Gasteiger partial charge in [-0.2, -0.15) is 0 Å². The third-order valence-corrected chi connectivity index (χ3v) is 2.35. The molecule has 0 rings (SSSR count). The monoisotopic (exact) mass is 205 g/mol. The molecule has 0 unspecified atom stereocenters. The maximum Gasteiger partial charge on any atom is -0.0345 e. The Balaban J connectivity index is 3.18. The quantitative estimate of drug-likeness (QED) is 0.338. The summed E-state index contributed by atoms with van der Waals surface area (Å²) in [6.45, 7) is 7.53. The summed E-state index contributed by atoms with van der Waals surface area (Å²) in [4.78, 5) is 0. The van der Waals surface area contributed by atoms with Gasteiger partial charge in [-0.15, -0.1) is 0 Å². The van der Waals surface area contributed by atoms with Gasteiger partial charge in [0.2, 0.25) is 0 Å². The average Bonchev–Trinajstić information content (AvgIpc) is 2.26. The summed E-state index contributed by atoms with van der Waals surface area (Å²) in [6, 6.07) is 0. The molecule has 0 aromatic heterocycles. The maximum atomic E-state index is 5.29. The number of hydrogen-bond acceptors (Lipinski definition) is 0. The first-order valence-corrected chi connectivity index (χ1v) is 6.27. The van der Waals surface area contributed by atoms with Crippen LogP contribution in [0.15, 0.2) is 30.4 Å². The van der Waals surface area contributed by atoms with Gasteiger partial charge in [0.15, 0.2) is 0 Å². The summed E-state index contributed by atoms with van der Waals surface area (Å²) >= 11 is 0. The SMILES string of the molecule is [CH]=CCCCC=CC=CCCCCCC. The Hall–Kier alpha value is -0.780. The summed E-state index contributed by atoms with van der Waals surface area (Å²) in [7, 11) is 0. The number of rotatable bonds is 10. The van der Waals surface area contributed by atoms with E-state index in [0.717, 1.165) is 19.3 Å². The lowest BCUT2D eigenvalue weighted by atomic mass is 10.1. The second-order valence-corrected chi connectivity index (χ2v) is 3.87. The Kier molecular flexibility index (Phi) is 12.5. The van der Waals surface area contributed by atoms with E-state index in [1.807, 2.05) is 0 Å². The van der Waals surface area contributed by atoms with Crippen molar-refractivity contribution in [3.63, 3.8) is 0 Å². The number of allylic oxidation sites excluding steroid dienone is 5. The number of hydrogen-bond donors (Lipinski definition) is 0. The molecule has 0 spiro atoms. The third kappa shape index (κ3) is 13.2. The maximum absolute atomic E-state index is 5.29. The Bertz CT molecular complexity index is 174. The van der Waals surface area contributed by atoms with Gasteiger partial charge >= 0.3 is 0 Å². The normalized spacial score (nSPS) is 11.5. The summed E-state index contributed by atoms with van der Waals surface area (Å²) < 4.78 is 0. The zero-order valence-electron chi connectivity index (χ0n) is 10.1. The van der Waals surface area contributed by atoms with E-state index in [9.17, 15) is 0 Å². The predicted molar refractivity (Wildman–Crippen MR) is 69.8 cm³/mol. The largest absolute Gasteiger partial charge is 0.0845 e. The highest BCUT2D eigenvalue weighted by Crippen LogP contribution is 2.03. The minimum absolute atomic E-state index is 1.02. The van der Waals surface area contributed by atoms with Gasteiger partial charge in [0.05, 0.1) is 0 Å². The molecule has 1 radical (unpaired) electrons. The summed E-state index contributed by atoms with van der Waals surface area (Å²) in [5.41, 5.74) is 0. The molecule has 0 heterocycles. The van der Waals surface area contributed by atoms with Crippen LogP contribution in [0, 0.1) is 6.58 Å². The molecule has 0 N–H and O–H groups in total. The third-order valence-electron chi connectivity index (χ3n) is 2.35. The van der Waals surface area contributed by atoms with Crippen molar-refractivity contribution in [3.05, 3.63) is 37.0 Å². The molecular weight excluding hydrogens is 180 g/mol. The minimum atomic E-state index is 1.02. The van der Waals surface area contributed by atoms with Crippen LogP contribution in [0.1, 0.15) is 58.3 Å². The second kappa shape index (κ2) is 13.2. The fourth-order valence-corrected chi connectivity index (χ4v) is 1.39. The van der Waals surface area contributed by atoms with Crippen molar-refractivity contribution in [1.82, 2.24) is 0 Å². The van der Waals surface area contributed by atoms with Crippen LogP contribution in [0.25, 0.3) is 0 Å². The minimum Gasteiger partial charge on any atom is -0.0845 e. The van der Waals surface area contributed by atoms with Crippen LogP contribution in [0.4, 0.5) is 0 Å². The van der Waals surface area contributed by atoms with E-state index in [4.69, 9.17) is 6.58 Å². The average molecular weight is 205 g/mol. The fraction of sp³-hybridized carbons (Fsp3) is 0.600. The predicted octanol–water partition coefficient (Wildman–Crippen LogP) is 5.23. The van der Waals surface area contributed by atoms with Crippen LogP contribution in [0.3, 0.4) is 0 Å². The summed E-state index contributed by atoms with van der Waals surface area (Å²) in [5.74, 6) is 0. The van der Waals surface area contributed by atoms with E-state index in [-0.39, 0.29) is 0 Å². The molecule has 0 amide bonds.